The molecule has 2 heterocycles. The molecule has 26 heavy (non-hydrogen) atoms. The molecule has 0 aliphatic heterocycles. The van der Waals surface area contributed by atoms with Crippen LogP contribution in [-0.2, 0) is 12.8 Å². The Morgan fingerprint density at radius 1 is 0.846 bits per heavy atom. The normalized spacial score (nSPS) is 11.8. The lowest BCUT2D eigenvalue weighted by atomic mass is 10.2. The van der Waals surface area contributed by atoms with Crippen molar-refractivity contribution in [2.75, 3.05) is 0 Å². The summed E-state index contributed by atoms with van der Waals surface area (Å²) in [5.74, 6) is 1.12. The van der Waals surface area contributed by atoms with Gasteiger partial charge in [0.2, 0.25) is 0 Å². The van der Waals surface area contributed by atoms with E-state index in [0.717, 1.165) is 11.1 Å². The van der Waals surface area contributed by atoms with Gasteiger partial charge in [0, 0.05) is 12.8 Å². The van der Waals surface area contributed by atoms with E-state index >= 15 is 0 Å². The van der Waals surface area contributed by atoms with Crippen molar-refractivity contribution in [2.45, 2.75) is 26.7 Å². The number of aromatic amines is 2. The first-order valence-electron chi connectivity index (χ1n) is 8.13. The van der Waals surface area contributed by atoms with E-state index in [4.69, 9.17) is 0 Å². The van der Waals surface area contributed by atoms with E-state index in [2.05, 4.69) is 30.6 Å². The number of hydrogen-bond donors (Lipinski definition) is 2. The summed E-state index contributed by atoms with van der Waals surface area (Å²) in [6.45, 7) is 3.79. The molecule has 0 amide bonds. The summed E-state index contributed by atoms with van der Waals surface area (Å²) in [7, 11) is 0. The molecule has 3 rings (SSSR count). The molecule has 0 aliphatic carbocycles. The fourth-order valence-corrected chi connectivity index (χ4v) is 2.26. The van der Waals surface area contributed by atoms with Gasteiger partial charge in [-0.3, -0.25) is 0 Å². The highest BCUT2D eigenvalue weighted by atomic mass is 16.2. The zero-order valence-electron chi connectivity index (χ0n) is 14.4. The molecule has 0 saturated carbocycles. The summed E-state index contributed by atoms with van der Waals surface area (Å²) in [6, 6.07) is 7.34. The molecule has 0 bridgehead atoms. The lowest BCUT2D eigenvalue weighted by Crippen LogP contribution is -2.14. The zero-order valence-corrected chi connectivity index (χ0v) is 14.4. The monoisotopic (exact) mass is 354 g/mol. The average molecular weight is 354 g/mol. The molecule has 0 unspecified atom stereocenters. The Morgan fingerprint density at radius 2 is 1.23 bits per heavy atom. The summed E-state index contributed by atoms with van der Waals surface area (Å²) in [6.07, 6.45) is 4.34. The van der Waals surface area contributed by atoms with E-state index in [1.54, 1.807) is 12.4 Å². The van der Waals surface area contributed by atoms with Gasteiger partial charge in [-0.1, -0.05) is 38.1 Å². The molecule has 0 fully saturated rings. The van der Waals surface area contributed by atoms with Crippen molar-refractivity contribution in [3.63, 3.8) is 0 Å². The fourth-order valence-electron chi connectivity index (χ4n) is 2.26. The minimum atomic E-state index is -0.376. The van der Waals surface area contributed by atoms with Gasteiger partial charge in [-0.2, -0.15) is 29.8 Å². The Labute approximate surface area is 147 Å². The lowest BCUT2D eigenvalue weighted by molar-refractivity contribution is 0.765. The summed E-state index contributed by atoms with van der Waals surface area (Å²) in [5.41, 5.74) is 0.873. The number of hydrogen-bond acceptors (Lipinski definition) is 6. The maximum atomic E-state index is 11.6. The fraction of sp³-hybridized carbons (Fsp3) is 0.250. The van der Waals surface area contributed by atoms with Crippen LogP contribution in [0.15, 0.2) is 44.1 Å². The van der Waals surface area contributed by atoms with Gasteiger partial charge in [0.15, 0.2) is 11.6 Å². The zero-order chi connectivity index (χ0) is 18.5. The third kappa shape index (κ3) is 3.58. The molecule has 134 valence electrons. The molecule has 0 spiro atoms. The van der Waals surface area contributed by atoms with Gasteiger partial charge in [0.05, 0.1) is 12.4 Å². The highest BCUT2D eigenvalue weighted by molar-refractivity contribution is 5.84. The van der Waals surface area contributed by atoms with Gasteiger partial charge < -0.3 is 0 Å². The van der Waals surface area contributed by atoms with Gasteiger partial charge in [-0.15, -0.1) is 0 Å². The van der Waals surface area contributed by atoms with Crippen LogP contribution >= 0.6 is 0 Å². The first-order chi connectivity index (χ1) is 12.6. The van der Waals surface area contributed by atoms with Gasteiger partial charge in [0.25, 0.3) is 0 Å². The second kappa shape index (κ2) is 7.55. The van der Waals surface area contributed by atoms with Crippen LogP contribution in [0.3, 0.4) is 0 Å². The van der Waals surface area contributed by atoms with Crippen LogP contribution in [0.25, 0.3) is 0 Å². The van der Waals surface area contributed by atoms with Crippen LogP contribution in [0, 0.1) is 0 Å². The molecule has 10 nitrogen and oxygen atoms in total. The van der Waals surface area contributed by atoms with Crippen LogP contribution < -0.4 is 11.4 Å². The summed E-state index contributed by atoms with van der Waals surface area (Å²) < 4.78 is 2.46. The van der Waals surface area contributed by atoms with Crippen LogP contribution in [-0.4, -0.2) is 42.2 Å². The molecule has 1 aromatic carbocycles. The van der Waals surface area contributed by atoms with Crippen LogP contribution in [0.5, 0.6) is 0 Å². The number of aryl methyl sites for hydroxylation is 2. The standard InChI is InChI=1S/C16H18N8O2/c1-3-13-19-21-15(25)23(13)17-9-11-5-7-12(8-6-11)10-18-24-14(4-2)20-22-16(24)26/h5-10H,3-4H2,1-2H3,(H,21,25)(H,22,26). The predicted octanol–water partition coefficient (Wildman–Crippen LogP) is 0.345. The van der Waals surface area contributed by atoms with Gasteiger partial charge in [-0.25, -0.2) is 19.8 Å². The third-order valence-electron chi connectivity index (χ3n) is 3.65. The molecule has 0 radical (unpaired) electrons. The Hall–Kier alpha value is -3.56. The van der Waals surface area contributed by atoms with E-state index < -0.39 is 0 Å². The van der Waals surface area contributed by atoms with Crippen molar-refractivity contribution in [1.82, 2.24) is 29.7 Å². The first kappa shape index (κ1) is 17.3. The second-order valence-corrected chi connectivity index (χ2v) is 5.38. The van der Waals surface area contributed by atoms with Crippen molar-refractivity contribution in [3.05, 3.63) is 68.0 Å². The maximum absolute atomic E-state index is 11.6. The maximum Gasteiger partial charge on any atom is 0.364 e. The topological polar surface area (TPSA) is 126 Å². The Kier molecular flexibility index (Phi) is 5.02. The van der Waals surface area contributed by atoms with Crippen LogP contribution in [0.4, 0.5) is 0 Å². The molecule has 0 atom stereocenters. The van der Waals surface area contributed by atoms with Crippen molar-refractivity contribution < 1.29 is 0 Å². The smallest absolute Gasteiger partial charge is 0.244 e. The van der Waals surface area contributed by atoms with Crippen molar-refractivity contribution in [2.24, 2.45) is 10.2 Å². The Balaban J connectivity index is 1.76. The van der Waals surface area contributed by atoms with E-state index in [-0.39, 0.29) is 11.4 Å². The quantitative estimate of drug-likeness (QED) is 0.619. The van der Waals surface area contributed by atoms with Crippen molar-refractivity contribution in [3.8, 4) is 0 Å². The largest absolute Gasteiger partial charge is 0.364 e. The molecule has 2 aromatic heterocycles. The predicted molar refractivity (Wildman–Crippen MR) is 96.9 cm³/mol. The number of rotatable bonds is 6. The molecule has 10 heteroatoms. The number of nitrogens with zero attached hydrogens (tertiary/aromatic N) is 6. The summed E-state index contributed by atoms with van der Waals surface area (Å²) >= 11 is 0. The van der Waals surface area contributed by atoms with E-state index in [9.17, 15) is 9.59 Å². The van der Waals surface area contributed by atoms with E-state index in [1.165, 1.54) is 9.35 Å². The summed E-state index contributed by atoms with van der Waals surface area (Å²) in [4.78, 5) is 23.3. The van der Waals surface area contributed by atoms with Crippen molar-refractivity contribution >= 4 is 12.4 Å². The molecule has 2 N–H and O–H groups in total. The number of benzene rings is 1. The van der Waals surface area contributed by atoms with Gasteiger partial charge in [0.1, 0.15) is 0 Å². The second-order valence-electron chi connectivity index (χ2n) is 5.38. The van der Waals surface area contributed by atoms with Crippen LogP contribution in [0.1, 0.15) is 36.6 Å². The Bertz CT molecular complexity index is 964. The summed E-state index contributed by atoms with van der Waals surface area (Å²) in [5, 5.41) is 20.8. The number of H-pyrrole nitrogens is 2. The van der Waals surface area contributed by atoms with Crippen LogP contribution in [0.2, 0.25) is 0 Å². The first-order valence-corrected chi connectivity index (χ1v) is 8.13. The highest BCUT2D eigenvalue weighted by Gasteiger charge is 2.04. The van der Waals surface area contributed by atoms with E-state index in [0.29, 0.717) is 24.5 Å². The lowest BCUT2D eigenvalue weighted by Gasteiger charge is -1.98. The number of aromatic nitrogens is 6. The molecule has 3 aromatic rings. The molecule has 0 aliphatic rings. The van der Waals surface area contributed by atoms with Crippen molar-refractivity contribution in [1.29, 1.82) is 0 Å². The minimum Gasteiger partial charge on any atom is -0.244 e. The highest BCUT2D eigenvalue weighted by Crippen LogP contribution is 2.02. The molecular weight excluding hydrogens is 336 g/mol. The minimum absolute atomic E-state index is 0.376. The van der Waals surface area contributed by atoms with Gasteiger partial charge >= 0.3 is 11.4 Å². The van der Waals surface area contributed by atoms with E-state index in [1.807, 2.05) is 38.1 Å². The molecular formula is C16H18N8O2. The Morgan fingerprint density at radius 3 is 1.58 bits per heavy atom. The number of nitrogens with one attached hydrogen (secondary N) is 2. The van der Waals surface area contributed by atoms with Gasteiger partial charge in [-0.05, 0) is 11.1 Å². The molecule has 0 saturated heterocycles. The SMILES string of the molecule is CCc1n[nH]c(=O)n1N=Cc1ccc(C=Nn2c(CC)n[nH]c2=O)cc1. The average Bonchev–Trinajstić information content (AvgIpc) is 3.20. The third-order valence-corrected chi connectivity index (χ3v) is 3.65.